The zero-order chi connectivity index (χ0) is 11.5. The van der Waals surface area contributed by atoms with Crippen molar-refractivity contribution in [2.75, 3.05) is 12.3 Å². The van der Waals surface area contributed by atoms with Crippen LogP contribution in [0.5, 0.6) is 0 Å². The summed E-state index contributed by atoms with van der Waals surface area (Å²) >= 11 is 0. The first kappa shape index (κ1) is 10.6. The van der Waals surface area contributed by atoms with Gasteiger partial charge < -0.3 is 11.5 Å². The van der Waals surface area contributed by atoms with Crippen molar-refractivity contribution in [3.63, 3.8) is 0 Å². The minimum atomic E-state index is -0.312. The van der Waals surface area contributed by atoms with Crippen LogP contribution in [-0.4, -0.2) is 16.3 Å². The molecule has 0 amide bonds. The maximum atomic E-state index is 13.0. The van der Waals surface area contributed by atoms with E-state index in [4.69, 9.17) is 11.5 Å². The molecule has 1 heterocycles. The number of rotatable bonds is 3. The molecule has 2 aromatic rings. The highest BCUT2D eigenvalue weighted by Crippen LogP contribution is 2.17. The molecule has 0 fully saturated rings. The predicted octanol–water partition coefficient (Wildman–Crippen LogP) is 1.09. The van der Waals surface area contributed by atoms with E-state index in [2.05, 4.69) is 5.10 Å². The van der Waals surface area contributed by atoms with Crippen molar-refractivity contribution in [3.8, 4) is 5.69 Å². The number of nitrogen functional groups attached to an aromatic ring is 1. The zero-order valence-corrected chi connectivity index (χ0v) is 8.73. The standard InChI is InChI=1S/C11H13FN4/c12-9-2-1-3-10(6-9)16-11(14)8(4-5-13)7-15-16/h1-3,6-7H,4-5,13-14H2. The molecule has 16 heavy (non-hydrogen) atoms. The number of aromatic nitrogens is 2. The quantitative estimate of drug-likeness (QED) is 0.813. The highest BCUT2D eigenvalue weighted by molar-refractivity contribution is 5.47. The maximum Gasteiger partial charge on any atom is 0.130 e. The van der Waals surface area contributed by atoms with Gasteiger partial charge in [0.15, 0.2) is 0 Å². The molecule has 4 N–H and O–H groups in total. The van der Waals surface area contributed by atoms with Crippen molar-refractivity contribution < 1.29 is 4.39 Å². The number of nitrogens with two attached hydrogens (primary N) is 2. The van der Waals surface area contributed by atoms with Gasteiger partial charge in [-0.05, 0) is 31.2 Å². The topological polar surface area (TPSA) is 69.9 Å². The maximum absolute atomic E-state index is 13.0. The van der Waals surface area contributed by atoms with Crippen LogP contribution in [0.4, 0.5) is 10.2 Å². The average Bonchev–Trinajstić information content (AvgIpc) is 2.61. The lowest BCUT2D eigenvalue weighted by Crippen LogP contribution is -2.06. The fourth-order valence-corrected chi connectivity index (χ4v) is 1.55. The molecule has 0 saturated carbocycles. The first-order chi connectivity index (χ1) is 7.72. The van der Waals surface area contributed by atoms with Crippen LogP contribution in [0.1, 0.15) is 5.56 Å². The number of anilines is 1. The van der Waals surface area contributed by atoms with Crippen LogP contribution in [0, 0.1) is 5.82 Å². The Kier molecular flexibility index (Phi) is 2.87. The number of nitrogens with zero attached hydrogens (tertiary/aromatic N) is 2. The van der Waals surface area contributed by atoms with Crippen molar-refractivity contribution in [1.29, 1.82) is 0 Å². The van der Waals surface area contributed by atoms with Gasteiger partial charge in [0, 0.05) is 5.56 Å². The van der Waals surface area contributed by atoms with Crippen molar-refractivity contribution in [2.45, 2.75) is 6.42 Å². The Balaban J connectivity index is 2.41. The van der Waals surface area contributed by atoms with Crippen LogP contribution < -0.4 is 11.5 Å². The van der Waals surface area contributed by atoms with Crippen LogP contribution >= 0.6 is 0 Å². The number of halogens is 1. The molecule has 0 aliphatic rings. The predicted molar refractivity (Wildman–Crippen MR) is 60.7 cm³/mol. The van der Waals surface area contributed by atoms with Gasteiger partial charge in [0.25, 0.3) is 0 Å². The van der Waals surface area contributed by atoms with Crippen molar-refractivity contribution in [1.82, 2.24) is 9.78 Å². The summed E-state index contributed by atoms with van der Waals surface area (Å²) in [6.07, 6.45) is 2.33. The Morgan fingerprint density at radius 3 is 2.88 bits per heavy atom. The summed E-state index contributed by atoms with van der Waals surface area (Å²) in [5.74, 6) is 0.198. The third kappa shape index (κ3) is 1.90. The van der Waals surface area contributed by atoms with Crippen molar-refractivity contribution in [2.24, 2.45) is 5.73 Å². The molecule has 1 aromatic carbocycles. The van der Waals surface area contributed by atoms with E-state index in [-0.39, 0.29) is 5.82 Å². The molecule has 0 aliphatic heterocycles. The highest BCUT2D eigenvalue weighted by atomic mass is 19.1. The van der Waals surface area contributed by atoms with E-state index in [0.29, 0.717) is 24.5 Å². The second kappa shape index (κ2) is 4.32. The van der Waals surface area contributed by atoms with Gasteiger partial charge in [0.05, 0.1) is 11.9 Å². The lowest BCUT2D eigenvalue weighted by atomic mass is 10.2. The van der Waals surface area contributed by atoms with Gasteiger partial charge in [-0.2, -0.15) is 5.10 Å². The Morgan fingerprint density at radius 1 is 1.38 bits per heavy atom. The fraction of sp³-hybridized carbons (Fsp3) is 0.182. The third-order valence-corrected chi connectivity index (χ3v) is 2.35. The monoisotopic (exact) mass is 220 g/mol. The van der Waals surface area contributed by atoms with E-state index in [1.807, 2.05) is 0 Å². The summed E-state index contributed by atoms with van der Waals surface area (Å²) in [4.78, 5) is 0. The third-order valence-electron chi connectivity index (χ3n) is 2.35. The van der Waals surface area contributed by atoms with Gasteiger partial charge in [-0.1, -0.05) is 6.07 Å². The summed E-state index contributed by atoms with van der Waals surface area (Å²) in [7, 11) is 0. The largest absolute Gasteiger partial charge is 0.383 e. The van der Waals surface area contributed by atoms with E-state index in [0.717, 1.165) is 5.56 Å². The second-order valence-electron chi connectivity index (χ2n) is 3.49. The molecule has 0 aliphatic carbocycles. The van der Waals surface area contributed by atoms with E-state index < -0.39 is 0 Å². The minimum absolute atomic E-state index is 0.312. The Morgan fingerprint density at radius 2 is 2.19 bits per heavy atom. The summed E-state index contributed by atoms with van der Waals surface area (Å²) in [6, 6.07) is 6.13. The number of hydrogen-bond acceptors (Lipinski definition) is 3. The van der Waals surface area contributed by atoms with Crippen LogP contribution in [0.25, 0.3) is 5.69 Å². The van der Waals surface area contributed by atoms with Crippen molar-refractivity contribution >= 4 is 5.82 Å². The minimum Gasteiger partial charge on any atom is -0.383 e. The average molecular weight is 220 g/mol. The van der Waals surface area contributed by atoms with Crippen LogP contribution in [0.2, 0.25) is 0 Å². The molecule has 0 spiro atoms. The lowest BCUT2D eigenvalue weighted by Gasteiger charge is -2.04. The van der Waals surface area contributed by atoms with E-state index in [1.54, 1.807) is 18.3 Å². The summed E-state index contributed by atoms with van der Waals surface area (Å²) in [6.45, 7) is 0.513. The van der Waals surface area contributed by atoms with Gasteiger partial charge in [0.1, 0.15) is 11.6 Å². The smallest absolute Gasteiger partial charge is 0.130 e. The van der Waals surface area contributed by atoms with Crippen LogP contribution in [-0.2, 0) is 6.42 Å². The molecule has 2 rings (SSSR count). The molecule has 5 heteroatoms. The van der Waals surface area contributed by atoms with Crippen molar-refractivity contribution in [3.05, 3.63) is 41.8 Å². The Hall–Kier alpha value is -1.88. The molecule has 0 radical (unpaired) electrons. The van der Waals surface area contributed by atoms with E-state index in [1.165, 1.54) is 16.8 Å². The summed E-state index contributed by atoms with van der Waals surface area (Å²) in [5, 5.41) is 4.12. The van der Waals surface area contributed by atoms with E-state index >= 15 is 0 Å². The highest BCUT2D eigenvalue weighted by Gasteiger charge is 2.08. The molecular formula is C11H13FN4. The van der Waals surface area contributed by atoms with Gasteiger partial charge in [-0.15, -0.1) is 0 Å². The Bertz CT molecular complexity index is 492. The second-order valence-corrected chi connectivity index (χ2v) is 3.49. The molecule has 84 valence electrons. The van der Waals surface area contributed by atoms with Gasteiger partial charge in [0.2, 0.25) is 0 Å². The summed E-state index contributed by atoms with van der Waals surface area (Å²) in [5.41, 5.74) is 12.8. The molecule has 0 atom stereocenters. The molecule has 1 aromatic heterocycles. The van der Waals surface area contributed by atoms with Gasteiger partial charge in [-0.25, -0.2) is 9.07 Å². The zero-order valence-electron chi connectivity index (χ0n) is 8.73. The molecule has 0 bridgehead atoms. The summed E-state index contributed by atoms with van der Waals surface area (Å²) < 4.78 is 14.5. The van der Waals surface area contributed by atoms with Crippen LogP contribution in [0.15, 0.2) is 30.5 Å². The van der Waals surface area contributed by atoms with E-state index in [9.17, 15) is 4.39 Å². The molecule has 4 nitrogen and oxygen atoms in total. The number of benzene rings is 1. The lowest BCUT2D eigenvalue weighted by molar-refractivity contribution is 0.625. The normalized spacial score (nSPS) is 10.6. The fourth-order valence-electron chi connectivity index (χ4n) is 1.55. The first-order valence-electron chi connectivity index (χ1n) is 5.00. The van der Waals surface area contributed by atoms with Gasteiger partial charge >= 0.3 is 0 Å². The van der Waals surface area contributed by atoms with Gasteiger partial charge in [-0.3, -0.25) is 0 Å². The van der Waals surface area contributed by atoms with Crippen LogP contribution in [0.3, 0.4) is 0 Å². The molecule has 0 unspecified atom stereocenters. The first-order valence-corrected chi connectivity index (χ1v) is 5.00. The number of hydrogen-bond donors (Lipinski definition) is 2. The molecular weight excluding hydrogens is 207 g/mol. The Labute approximate surface area is 92.7 Å². The molecule has 0 saturated heterocycles. The SMILES string of the molecule is NCCc1cnn(-c2cccc(F)c2)c1N.